The van der Waals surface area contributed by atoms with Gasteiger partial charge in [0.15, 0.2) is 0 Å². The van der Waals surface area contributed by atoms with Gasteiger partial charge in [-0.2, -0.15) is 11.8 Å². The predicted molar refractivity (Wildman–Crippen MR) is 135 cm³/mol. The Balaban J connectivity index is 1.72. The fourth-order valence-electron chi connectivity index (χ4n) is 3.68. The van der Waals surface area contributed by atoms with Gasteiger partial charge in [0.2, 0.25) is 0 Å². The molecule has 0 aromatic heterocycles. The van der Waals surface area contributed by atoms with E-state index in [2.05, 4.69) is 37.4 Å². The van der Waals surface area contributed by atoms with Crippen molar-refractivity contribution < 1.29 is 9.47 Å². The van der Waals surface area contributed by atoms with Crippen LogP contribution in [-0.2, 0) is 16.1 Å². The van der Waals surface area contributed by atoms with Crippen LogP contribution in [0.3, 0.4) is 0 Å². The highest BCUT2D eigenvalue weighted by molar-refractivity contribution is 7.98. The van der Waals surface area contributed by atoms with Crippen LogP contribution in [0, 0.1) is 0 Å². The Morgan fingerprint density at radius 1 is 0.700 bits per heavy atom. The Labute approximate surface area is 191 Å². The smallest absolute Gasteiger partial charge is 0.0785 e. The van der Waals surface area contributed by atoms with Crippen molar-refractivity contribution in [1.82, 2.24) is 0 Å². The molecular weight excluding hydrogens is 388 g/mol. The molecule has 0 N–H and O–H groups in total. The van der Waals surface area contributed by atoms with Gasteiger partial charge in [-0.05, 0) is 37.3 Å². The lowest BCUT2D eigenvalue weighted by molar-refractivity contribution is -0.0155. The largest absolute Gasteiger partial charge is 0.379 e. The lowest BCUT2D eigenvalue weighted by Gasteiger charge is -2.13. The zero-order chi connectivity index (χ0) is 21.5. The standard InChI is InChI=1S/C27H48O2S/c1-26(29-25-27-20-16-15-17-21-27)24-28-22-18-13-11-9-7-5-3-4-6-8-10-12-14-19-23-30-2/h15-17,20-21,26H,3-14,18-19,22-25H2,1-2H3. The van der Waals surface area contributed by atoms with Gasteiger partial charge in [0.05, 0.1) is 19.3 Å². The van der Waals surface area contributed by atoms with Crippen molar-refractivity contribution in [3.63, 3.8) is 0 Å². The molecule has 0 bridgehead atoms. The first-order chi connectivity index (χ1) is 14.8. The van der Waals surface area contributed by atoms with E-state index in [9.17, 15) is 0 Å². The Morgan fingerprint density at radius 2 is 1.20 bits per heavy atom. The van der Waals surface area contributed by atoms with Gasteiger partial charge in [-0.3, -0.25) is 0 Å². The molecule has 1 unspecified atom stereocenters. The SMILES string of the molecule is CSCCCCCCCCCCCCCCCCOCC(C)OCc1ccccc1. The second-order valence-corrected chi connectivity index (χ2v) is 9.61. The highest BCUT2D eigenvalue weighted by Gasteiger charge is 2.03. The second-order valence-electron chi connectivity index (χ2n) is 8.62. The van der Waals surface area contributed by atoms with Crippen molar-refractivity contribution in [3.8, 4) is 0 Å². The van der Waals surface area contributed by atoms with Gasteiger partial charge in [-0.15, -0.1) is 0 Å². The number of rotatable bonds is 22. The Hall–Kier alpha value is -0.510. The van der Waals surface area contributed by atoms with E-state index < -0.39 is 0 Å². The summed E-state index contributed by atoms with van der Waals surface area (Å²) < 4.78 is 11.6. The van der Waals surface area contributed by atoms with Crippen LogP contribution in [0.4, 0.5) is 0 Å². The van der Waals surface area contributed by atoms with Crippen molar-refractivity contribution in [1.29, 1.82) is 0 Å². The van der Waals surface area contributed by atoms with E-state index in [4.69, 9.17) is 9.47 Å². The molecule has 1 aromatic rings. The highest BCUT2D eigenvalue weighted by Crippen LogP contribution is 2.13. The van der Waals surface area contributed by atoms with E-state index in [0.29, 0.717) is 13.2 Å². The maximum atomic E-state index is 5.84. The molecule has 0 spiro atoms. The van der Waals surface area contributed by atoms with Gasteiger partial charge in [0.1, 0.15) is 0 Å². The van der Waals surface area contributed by atoms with Crippen LogP contribution in [0.5, 0.6) is 0 Å². The molecule has 0 aliphatic heterocycles. The molecule has 0 saturated carbocycles. The minimum atomic E-state index is 0.158. The van der Waals surface area contributed by atoms with E-state index in [-0.39, 0.29) is 6.10 Å². The number of benzene rings is 1. The fraction of sp³-hybridized carbons (Fsp3) is 0.778. The maximum Gasteiger partial charge on any atom is 0.0785 e. The number of ether oxygens (including phenoxy) is 2. The molecule has 0 aliphatic rings. The van der Waals surface area contributed by atoms with Gasteiger partial charge >= 0.3 is 0 Å². The van der Waals surface area contributed by atoms with Crippen LogP contribution >= 0.6 is 11.8 Å². The van der Waals surface area contributed by atoms with Crippen LogP contribution in [0.25, 0.3) is 0 Å². The lowest BCUT2D eigenvalue weighted by atomic mass is 10.0. The molecule has 1 rings (SSSR count). The normalized spacial score (nSPS) is 12.3. The topological polar surface area (TPSA) is 18.5 Å². The number of unbranched alkanes of at least 4 members (excludes halogenated alkanes) is 13. The first-order valence-corrected chi connectivity index (χ1v) is 13.9. The molecule has 30 heavy (non-hydrogen) atoms. The lowest BCUT2D eigenvalue weighted by Crippen LogP contribution is -2.16. The molecule has 0 fully saturated rings. The summed E-state index contributed by atoms with van der Waals surface area (Å²) in [6.45, 7) is 4.33. The predicted octanol–water partition coefficient (Wildman–Crippen LogP) is 8.43. The summed E-state index contributed by atoms with van der Waals surface area (Å²) >= 11 is 1.98. The Kier molecular flexibility index (Phi) is 19.9. The third kappa shape index (κ3) is 18.3. The number of hydrogen-bond donors (Lipinski definition) is 0. The average Bonchev–Trinajstić information content (AvgIpc) is 2.77. The minimum absolute atomic E-state index is 0.158. The number of thioether (sulfide) groups is 1. The zero-order valence-electron chi connectivity index (χ0n) is 19.9. The summed E-state index contributed by atoms with van der Waals surface area (Å²) in [5.74, 6) is 1.34. The molecule has 0 radical (unpaired) electrons. The van der Waals surface area contributed by atoms with Gasteiger partial charge in [-0.1, -0.05) is 107 Å². The van der Waals surface area contributed by atoms with Crippen molar-refractivity contribution in [3.05, 3.63) is 35.9 Å². The first-order valence-electron chi connectivity index (χ1n) is 12.5. The molecule has 1 aromatic carbocycles. The van der Waals surface area contributed by atoms with E-state index in [1.807, 2.05) is 17.8 Å². The van der Waals surface area contributed by atoms with Crippen LogP contribution < -0.4 is 0 Å². The third-order valence-electron chi connectivity index (χ3n) is 5.62. The summed E-state index contributed by atoms with van der Waals surface area (Å²) in [5, 5.41) is 0. The molecule has 1 atom stereocenters. The van der Waals surface area contributed by atoms with Crippen LogP contribution in [0.2, 0.25) is 0 Å². The molecule has 0 aliphatic carbocycles. The van der Waals surface area contributed by atoms with Crippen molar-refractivity contribution in [2.24, 2.45) is 0 Å². The monoisotopic (exact) mass is 436 g/mol. The summed E-state index contributed by atoms with van der Waals surface area (Å²) in [6.07, 6.45) is 22.0. The van der Waals surface area contributed by atoms with Gasteiger partial charge < -0.3 is 9.47 Å². The summed E-state index contributed by atoms with van der Waals surface area (Å²) in [6, 6.07) is 10.3. The van der Waals surface area contributed by atoms with Crippen molar-refractivity contribution in [2.75, 3.05) is 25.2 Å². The van der Waals surface area contributed by atoms with E-state index in [0.717, 1.165) is 6.61 Å². The van der Waals surface area contributed by atoms with E-state index in [1.165, 1.54) is 101 Å². The molecular formula is C27H48O2S. The van der Waals surface area contributed by atoms with E-state index >= 15 is 0 Å². The molecule has 3 heteroatoms. The molecule has 0 saturated heterocycles. The number of hydrogen-bond acceptors (Lipinski definition) is 3. The van der Waals surface area contributed by atoms with Crippen LogP contribution in [-0.4, -0.2) is 31.3 Å². The third-order valence-corrected chi connectivity index (χ3v) is 6.31. The summed E-state index contributed by atoms with van der Waals surface area (Å²) in [4.78, 5) is 0. The first kappa shape index (κ1) is 27.5. The van der Waals surface area contributed by atoms with Crippen molar-refractivity contribution in [2.45, 2.75) is 110 Å². The summed E-state index contributed by atoms with van der Waals surface area (Å²) in [5.41, 5.74) is 1.22. The van der Waals surface area contributed by atoms with Crippen molar-refractivity contribution >= 4 is 11.8 Å². The summed E-state index contributed by atoms with van der Waals surface area (Å²) in [7, 11) is 0. The Bertz CT molecular complexity index is 451. The highest BCUT2D eigenvalue weighted by atomic mass is 32.2. The Morgan fingerprint density at radius 3 is 1.73 bits per heavy atom. The molecule has 0 amide bonds. The minimum Gasteiger partial charge on any atom is -0.379 e. The quantitative estimate of drug-likeness (QED) is 0.170. The second kappa shape index (κ2) is 21.7. The molecule has 0 heterocycles. The zero-order valence-corrected chi connectivity index (χ0v) is 20.7. The van der Waals surface area contributed by atoms with Gasteiger partial charge in [0.25, 0.3) is 0 Å². The van der Waals surface area contributed by atoms with Crippen LogP contribution in [0.1, 0.15) is 102 Å². The molecule has 2 nitrogen and oxygen atoms in total. The molecule has 174 valence electrons. The maximum absolute atomic E-state index is 5.84. The van der Waals surface area contributed by atoms with E-state index in [1.54, 1.807) is 0 Å². The fourth-order valence-corrected chi connectivity index (χ4v) is 4.17. The average molecular weight is 437 g/mol. The van der Waals surface area contributed by atoms with Gasteiger partial charge in [-0.25, -0.2) is 0 Å². The van der Waals surface area contributed by atoms with Crippen LogP contribution in [0.15, 0.2) is 30.3 Å². The van der Waals surface area contributed by atoms with Gasteiger partial charge in [0, 0.05) is 6.61 Å².